The van der Waals surface area contributed by atoms with Crippen LogP contribution in [-0.2, 0) is 4.74 Å². The normalized spacial score (nSPS) is 16.9. The van der Waals surface area contributed by atoms with Gasteiger partial charge in [0.05, 0.1) is 13.2 Å². The summed E-state index contributed by atoms with van der Waals surface area (Å²) >= 11 is 0. The first-order valence-electron chi connectivity index (χ1n) is 10.2. The Bertz CT molecular complexity index is 340. The first-order valence-corrected chi connectivity index (χ1v) is 10.2. The highest BCUT2D eigenvalue weighted by atomic mass is 16.5. The Balaban J connectivity index is 1.78. The second kappa shape index (κ2) is 17.0. The molecule has 2 heteroatoms. The monoisotopic (exact) mass is 333 g/mol. The predicted molar refractivity (Wildman–Crippen MR) is 107 cm³/mol. The molecule has 0 spiro atoms. The first-order chi connectivity index (χ1) is 11.9. The lowest BCUT2D eigenvalue weighted by Crippen LogP contribution is -2.36. The topological polar surface area (TPSA) is 12.5 Å². The van der Waals surface area contributed by atoms with Crippen molar-refractivity contribution in [2.24, 2.45) is 0 Å². The van der Waals surface area contributed by atoms with E-state index in [4.69, 9.17) is 4.74 Å². The van der Waals surface area contributed by atoms with Gasteiger partial charge in [0.1, 0.15) is 0 Å². The minimum Gasteiger partial charge on any atom is -0.379 e. The average molecular weight is 334 g/mol. The minimum atomic E-state index is 0.930. The Morgan fingerprint density at radius 2 is 1.29 bits per heavy atom. The first kappa shape index (κ1) is 21.2. The number of rotatable bonds is 14. The number of hydrogen-bond acceptors (Lipinski definition) is 2. The van der Waals surface area contributed by atoms with Gasteiger partial charge in [-0.1, -0.05) is 69.1 Å². The maximum atomic E-state index is 5.38. The van der Waals surface area contributed by atoms with Crippen molar-refractivity contribution in [3.63, 3.8) is 0 Å². The highest BCUT2D eigenvalue weighted by Gasteiger charge is 2.08. The maximum absolute atomic E-state index is 5.38. The lowest BCUT2D eigenvalue weighted by molar-refractivity contribution is 0.0371. The van der Waals surface area contributed by atoms with Gasteiger partial charge in [-0.3, -0.25) is 4.90 Å². The van der Waals surface area contributed by atoms with Crippen LogP contribution >= 0.6 is 0 Å². The smallest absolute Gasteiger partial charge is 0.0594 e. The second-order valence-corrected chi connectivity index (χ2v) is 6.66. The van der Waals surface area contributed by atoms with E-state index in [9.17, 15) is 0 Å². The Kier molecular flexibility index (Phi) is 15.0. The van der Waals surface area contributed by atoms with Crippen molar-refractivity contribution in [3.05, 3.63) is 36.5 Å². The summed E-state index contributed by atoms with van der Waals surface area (Å²) < 4.78 is 5.38. The van der Waals surface area contributed by atoms with Gasteiger partial charge in [-0.25, -0.2) is 0 Å². The van der Waals surface area contributed by atoms with Gasteiger partial charge in [-0.2, -0.15) is 0 Å². The van der Waals surface area contributed by atoms with E-state index in [0.717, 1.165) is 45.6 Å². The molecule has 2 nitrogen and oxygen atoms in total. The van der Waals surface area contributed by atoms with Crippen LogP contribution in [0.1, 0.15) is 71.1 Å². The Morgan fingerprint density at radius 1 is 0.708 bits per heavy atom. The Hall–Kier alpha value is -0.860. The zero-order valence-corrected chi connectivity index (χ0v) is 15.9. The van der Waals surface area contributed by atoms with E-state index in [1.807, 2.05) is 0 Å². The molecular weight excluding hydrogens is 294 g/mol. The summed E-state index contributed by atoms with van der Waals surface area (Å²) in [5.74, 6) is 0. The fraction of sp³-hybridized carbons (Fsp3) is 0.727. The third kappa shape index (κ3) is 13.6. The summed E-state index contributed by atoms with van der Waals surface area (Å²) in [6.07, 6.45) is 26.5. The summed E-state index contributed by atoms with van der Waals surface area (Å²) in [5.41, 5.74) is 0. The minimum absolute atomic E-state index is 0.930. The molecule has 138 valence electrons. The van der Waals surface area contributed by atoms with E-state index in [0.29, 0.717) is 0 Å². The number of allylic oxidation sites excluding steroid dienone is 6. The number of hydrogen-bond donors (Lipinski definition) is 0. The van der Waals surface area contributed by atoms with E-state index >= 15 is 0 Å². The number of ether oxygens (including phenoxy) is 1. The summed E-state index contributed by atoms with van der Waals surface area (Å²) in [4.78, 5) is 2.54. The van der Waals surface area contributed by atoms with Crippen molar-refractivity contribution in [2.45, 2.75) is 71.1 Å². The SMILES string of the molecule is CC/C=C\C/C=C\C/C=C\CCCCCCCCN1CCOCC1. The number of nitrogens with zero attached hydrogens (tertiary/aromatic N) is 1. The van der Waals surface area contributed by atoms with Crippen LogP contribution in [0.25, 0.3) is 0 Å². The fourth-order valence-electron chi connectivity index (χ4n) is 2.96. The molecule has 24 heavy (non-hydrogen) atoms. The second-order valence-electron chi connectivity index (χ2n) is 6.66. The highest BCUT2D eigenvalue weighted by molar-refractivity contribution is 4.96. The lowest BCUT2D eigenvalue weighted by Gasteiger charge is -2.26. The van der Waals surface area contributed by atoms with Gasteiger partial charge in [0.25, 0.3) is 0 Å². The molecule has 1 rings (SSSR count). The van der Waals surface area contributed by atoms with Crippen molar-refractivity contribution in [1.29, 1.82) is 0 Å². The van der Waals surface area contributed by atoms with Crippen LogP contribution in [0, 0.1) is 0 Å². The third-order valence-corrected chi connectivity index (χ3v) is 4.48. The van der Waals surface area contributed by atoms with Crippen molar-refractivity contribution in [1.82, 2.24) is 4.90 Å². The van der Waals surface area contributed by atoms with Gasteiger partial charge in [-0.05, 0) is 45.1 Å². The molecule has 0 bridgehead atoms. The van der Waals surface area contributed by atoms with Gasteiger partial charge in [0.2, 0.25) is 0 Å². The van der Waals surface area contributed by atoms with E-state index < -0.39 is 0 Å². The van der Waals surface area contributed by atoms with Crippen molar-refractivity contribution in [2.75, 3.05) is 32.8 Å². The van der Waals surface area contributed by atoms with Crippen LogP contribution in [0.3, 0.4) is 0 Å². The van der Waals surface area contributed by atoms with E-state index in [-0.39, 0.29) is 0 Å². The molecule has 1 aliphatic rings. The molecule has 0 aromatic heterocycles. The zero-order chi connectivity index (χ0) is 17.1. The zero-order valence-electron chi connectivity index (χ0n) is 15.9. The molecule has 0 aliphatic carbocycles. The van der Waals surface area contributed by atoms with Gasteiger partial charge in [0, 0.05) is 13.1 Å². The predicted octanol–water partition coefficient (Wildman–Crippen LogP) is 5.91. The van der Waals surface area contributed by atoms with Crippen LogP contribution in [-0.4, -0.2) is 37.7 Å². The molecule has 0 atom stereocenters. The Morgan fingerprint density at radius 3 is 2.00 bits per heavy atom. The third-order valence-electron chi connectivity index (χ3n) is 4.48. The molecule has 0 unspecified atom stereocenters. The summed E-state index contributed by atoms with van der Waals surface area (Å²) in [6.45, 7) is 7.58. The molecule has 1 fully saturated rings. The van der Waals surface area contributed by atoms with Crippen molar-refractivity contribution >= 4 is 0 Å². The average Bonchev–Trinajstić information content (AvgIpc) is 2.62. The molecule has 0 radical (unpaired) electrons. The molecule has 0 aromatic carbocycles. The standard InChI is InChI=1S/C22H39NO/c1-2-3-4-5-6-7-8-9-10-11-12-13-14-15-16-17-18-23-19-21-24-22-20-23/h3-4,6-7,9-10H,2,5,8,11-22H2,1H3/b4-3-,7-6-,10-9-. The summed E-state index contributed by atoms with van der Waals surface area (Å²) in [7, 11) is 0. The van der Waals surface area contributed by atoms with Gasteiger partial charge in [0.15, 0.2) is 0 Å². The summed E-state index contributed by atoms with van der Waals surface area (Å²) in [6, 6.07) is 0. The van der Waals surface area contributed by atoms with Gasteiger partial charge < -0.3 is 4.74 Å². The quantitative estimate of drug-likeness (QED) is 0.289. The van der Waals surface area contributed by atoms with E-state index in [2.05, 4.69) is 48.3 Å². The molecule has 0 aromatic rings. The Labute approximate surface area is 150 Å². The van der Waals surface area contributed by atoms with Crippen LogP contribution < -0.4 is 0 Å². The lowest BCUT2D eigenvalue weighted by atomic mass is 10.1. The molecule has 1 saturated heterocycles. The molecule has 1 heterocycles. The van der Waals surface area contributed by atoms with Crippen LogP contribution in [0.5, 0.6) is 0 Å². The van der Waals surface area contributed by atoms with E-state index in [1.54, 1.807) is 0 Å². The van der Waals surface area contributed by atoms with Gasteiger partial charge in [-0.15, -0.1) is 0 Å². The molecule has 0 saturated carbocycles. The molecule has 0 amide bonds. The van der Waals surface area contributed by atoms with Crippen LogP contribution in [0.2, 0.25) is 0 Å². The van der Waals surface area contributed by atoms with Crippen molar-refractivity contribution < 1.29 is 4.74 Å². The maximum Gasteiger partial charge on any atom is 0.0594 e. The highest BCUT2D eigenvalue weighted by Crippen LogP contribution is 2.09. The number of morpholine rings is 1. The van der Waals surface area contributed by atoms with Crippen molar-refractivity contribution in [3.8, 4) is 0 Å². The van der Waals surface area contributed by atoms with E-state index in [1.165, 1.54) is 51.5 Å². The summed E-state index contributed by atoms with van der Waals surface area (Å²) in [5, 5.41) is 0. The molecule has 1 aliphatic heterocycles. The fourth-order valence-corrected chi connectivity index (χ4v) is 2.96. The van der Waals surface area contributed by atoms with Gasteiger partial charge >= 0.3 is 0 Å². The largest absolute Gasteiger partial charge is 0.379 e. The number of unbranched alkanes of at least 4 members (excludes halogenated alkanes) is 6. The molecular formula is C22H39NO. The molecule has 0 N–H and O–H groups in total. The van der Waals surface area contributed by atoms with Crippen LogP contribution in [0.4, 0.5) is 0 Å². The van der Waals surface area contributed by atoms with Crippen LogP contribution in [0.15, 0.2) is 36.5 Å².